The topological polar surface area (TPSA) is 94.1 Å². The van der Waals surface area contributed by atoms with Crippen LogP contribution in [-0.2, 0) is 7.05 Å². The van der Waals surface area contributed by atoms with Gasteiger partial charge in [0, 0.05) is 57.0 Å². The number of nitrogens with zero attached hydrogens (tertiary/aromatic N) is 5. The van der Waals surface area contributed by atoms with Gasteiger partial charge < -0.3 is 30.0 Å². The smallest absolute Gasteiger partial charge is 0.274 e. The lowest BCUT2D eigenvalue weighted by Crippen LogP contribution is -2.44. The second-order valence-corrected chi connectivity index (χ2v) is 8.06. The molecule has 1 fully saturated rings. The highest BCUT2D eigenvalue weighted by Crippen LogP contribution is 2.26. The number of benzene rings is 1. The van der Waals surface area contributed by atoms with Gasteiger partial charge in [0.1, 0.15) is 17.2 Å². The van der Waals surface area contributed by atoms with Gasteiger partial charge in [-0.25, -0.2) is 0 Å². The summed E-state index contributed by atoms with van der Waals surface area (Å²) in [5.74, 6) is 1.01. The first-order chi connectivity index (χ1) is 15.6. The summed E-state index contributed by atoms with van der Waals surface area (Å²) < 4.78 is 1.53. The lowest BCUT2D eigenvalue weighted by atomic mass is 10.2. The van der Waals surface area contributed by atoms with Gasteiger partial charge >= 0.3 is 0 Å². The van der Waals surface area contributed by atoms with Crippen LogP contribution >= 0.6 is 0 Å². The van der Waals surface area contributed by atoms with E-state index in [0.29, 0.717) is 23.1 Å². The Morgan fingerprint density at radius 2 is 1.72 bits per heavy atom. The van der Waals surface area contributed by atoms with Crippen LogP contribution in [0.25, 0.3) is 11.0 Å². The molecular formula is C23H26N8O. The van der Waals surface area contributed by atoms with Crippen LogP contribution in [0.5, 0.6) is 0 Å². The van der Waals surface area contributed by atoms with E-state index in [0.717, 1.165) is 37.3 Å². The van der Waals surface area contributed by atoms with Crippen LogP contribution < -0.4 is 21.1 Å². The highest BCUT2D eigenvalue weighted by Gasteiger charge is 2.15. The molecule has 0 radical (unpaired) electrons. The fourth-order valence-corrected chi connectivity index (χ4v) is 3.86. The molecule has 1 aromatic carbocycles. The average molecular weight is 431 g/mol. The predicted molar refractivity (Wildman–Crippen MR) is 128 cm³/mol. The molecule has 0 aliphatic carbocycles. The molecule has 9 heteroatoms. The number of nitrogens with one attached hydrogen (secondary N) is 3. The van der Waals surface area contributed by atoms with E-state index in [2.05, 4.69) is 54.6 Å². The minimum Gasteiger partial charge on any atom is -0.369 e. The molecular weight excluding hydrogens is 404 g/mol. The number of fused-ring (bicyclic) bond motifs is 1. The molecule has 164 valence electrons. The zero-order chi connectivity index (χ0) is 22.1. The lowest BCUT2D eigenvalue weighted by molar-refractivity contribution is 0.313. The third-order valence-electron chi connectivity index (χ3n) is 5.78. The standard InChI is InChI=1S/C23H26N8O/c1-29-12-14-31(15-13-29)17-7-5-16(6-8-17)25-23-27-20-18(9-10-24-20)21(28-23)26-19-4-3-11-30(2)22(19)32/h3-11H,12-15H2,1-2H3,(H3,24,25,26,27,28). The summed E-state index contributed by atoms with van der Waals surface area (Å²) in [5.41, 5.74) is 3.14. The predicted octanol–water partition coefficient (Wildman–Crippen LogP) is 2.90. The third-order valence-corrected chi connectivity index (χ3v) is 5.78. The molecule has 0 saturated carbocycles. The number of pyridine rings is 1. The minimum absolute atomic E-state index is 0.121. The fourth-order valence-electron chi connectivity index (χ4n) is 3.86. The second kappa shape index (κ2) is 8.35. The van der Waals surface area contributed by atoms with Crippen molar-refractivity contribution in [2.75, 3.05) is 48.8 Å². The van der Waals surface area contributed by atoms with Crippen LogP contribution in [0.3, 0.4) is 0 Å². The van der Waals surface area contributed by atoms with Gasteiger partial charge in [-0.05, 0) is 49.5 Å². The van der Waals surface area contributed by atoms with Gasteiger partial charge in [-0.3, -0.25) is 4.79 Å². The highest BCUT2D eigenvalue weighted by molar-refractivity contribution is 5.90. The van der Waals surface area contributed by atoms with Crippen LogP contribution in [0.4, 0.5) is 28.8 Å². The molecule has 0 atom stereocenters. The van der Waals surface area contributed by atoms with E-state index >= 15 is 0 Å². The summed E-state index contributed by atoms with van der Waals surface area (Å²) >= 11 is 0. The minimum atomic E-state index is -0.121. The number of rotatable bonds is 5. The van der Waals surface area contributed by atoms with Gasteiger partial charge in [0.2, 0.25) is 5.95 Å². The SMILES string of the molecule is CN1CCN(c2ccc(Nc3nc(Nc4cccn(C)c4=O)c4cc[nH]c4n3)cc2)CC1. The summed E-state index contributed by atoms with van der Waals surface area (Å²) in [6.45, 7) is 4.21. The van der Waals surface area contributed by atoms with Gasteiger partial charge in [0.05, 0.1) is 5.39 Å². The summed E-state index contributed by atoms with van der Waals surface area (Å²) in [6.07, 6.45) is 3.53. The number of hydrogen-bond acceptors (Lipinski definition) is 7. The first-order valence-corrected chi connectivity index (χ1v) is 10.7. The number of aromatic amines is 1. The van der Waals surface area contributed by atoms with Gasteiger partial charge in [-0.2, -0.15) is 9.97 Å². The molecule has 9 nitrogen and oxygen atoms in total. The molecule has 0 unspecified atom stereocenters. The Bertz CT molecular complexity index is 1290. The Morgan fingerprint density at radius 3 is 2.50 bits per heavy atom. The average Bonchev–Trinajstić information content (AvgIpc) is 3.27. The summed E-state index contributed by atoms with van der Waals surface area (Å²) in [5, 5.41) is 7.26. The van der Waals surface area contributed by atoms with Gasteiger partial charge in [-0.1, -0.05) is 0 Å². The Balaban J connectivity index is 1.39. The van der Waals surface area contributed by atoms with E-state index in [9.17, 15) is 4.79 Å². The van der Waals surface area contributed by atoms with Crippen molar-refractivity contribution in [3.8, 4) is 0 Å². The molecule has 1 saturated heterocycles. The van der Waals surface area contributed by atoms with Crippen molar-refractivity contribution < 1.29 is 0 Å². The summed E-state index contributed by atoms with van der Waals surface area (Å²) in [7, 11) is 3.88. The number of anilines is 5. The van der Waals surface area contributed by atoms with Gasteiger partial charge in [0.25, 0.3) is 5.56 Å². The largest absolute Gasteiger partial charge is 0.369 e. The van der Waals surface area contributed by atoms with Crippen molar-refractivity contribution >= 4 is 39.9 Å². The molecule has 3 N–H and O–H groups in total. The van der Waals surface area contributed by atoms with Crippen molar-refractivity contribution in [1.82, 2.24) is 24.4 Å². The molecule has 4 aromatic rings. The fraction of sp³-hybridized carbons (Fsp3) is 0.261. The first kappa shape index (κ1) is 20.1. The van der Waals surface area contributed by atoms with Crippen LogP contribution in [-0.4, -0.2) is 57.6 Å². The van der Waals surface area contributed by atoms with E-state index in [1.807, 2.05) is 30.5 Å². The molecule has 4 heterocycles. The number of likely N-dealkylation sites (N-methyl/N-ethyl adjacent to an activating group) is 1. The molecule has 0 spiro atoms. The Labute approximate surface area is 185 Å². The number of hydrogen-bond donors (Lipinski definition) is 3. The van der Waals surface area contributed by atoms with Crippen molar-refractivity contribution in [3.63, 3.8) is 0 Å². The van der Waals surface area contributed by atoms with E-state index in [1.54, 1.807) is 19.3 Å². The van der Waals surface area contributed by atoms with Crippen molar-refractivity contribution in [3.05, 3.63) is 65.2 Å². The highest BCUT2D eigenvalue weighted by atomic mass is 16.1. The number of H-pyrrole nitrogens is 1. The molecule has 1 aliphatic rings. The van der Waals surface area contributed by atoms with E-state index in [-0.39, 0.29) is 5.56 Å². The van der Waals surface area contributed by atoms with E-state index in [1.165, 1.54) is 10.3 Å². The quantitative estimate of drug-likeness (QED) is 0.448. The van der Waals surface area contributed by atoms with Crippen LogP contribution in [0.1, 0.15) is 0 Å². The van der Waals surface area contributed by atoms with E-state index in [4.69, 9.17) is 0 Å². The third kappa shape index (κ3) is 4.02. The number of aromatic nitrogens is 4. The first-order valence-electron chi connectivity index (χ1n) is 10.7. The van der Waals surface area contributed by atoms with Crippen molar-refractivity contribution in [1.29, 1.82) is 0 Å². The maximum absolute atomic E-state index is 12.4. The number of aryl methyl sites for hydroxylation is 1. The Kier molecular flexibility index (Phi) is 5.24. The Hall–Kier alpha value is -3.85. The monoisotopic (exact) mass is 430 g/mol. The molecule has 32 heavy (non-hydrogen) atoms. The zero-order valence-corrected chi connectivity index (χ0v) is 18.2. The summed E-state index contributed by atoms with van der Waals surface area (Å²) in [4.78, 5) is 29.5. The lowest BCUT2D eigenvalue weighted by Gasteiger charge is -2.34. The van der Waals surface area contributed by atoms with Crippen molar-refractivity contribution in [2.45, 2.75) is 0 Å². The normalized spacial score (nSPS) is 14.6. The molecule has 3 aromatic heterocycles. The van der Waals surface area contributed by atoms with Crippen LogP contribution in [0, 0.1) is 0 Å². The molecule has 1 aliphatic heterocycles. The molecule has 0 amide bonds. The molecule has 0 bridgehead atoms. The Morgan fingerprint density at radius 1 is 0.938 bits per heavy atom. The zero-order valence-electron chi connectivity index (χ0n) is 18.2. The van der Waals surface area contributed by atoms with Crippen LogP contribution in [0.2, 0.25) is 0 Å². The molecule has 5 rings (SSSR count). The second-order valence-electron chi connectivity index (χ2n) is 8.06. The van der Waals surface area contributed by atoms with Crippen LogP contribution in [0.15, 0.2) is 59.7 Å². The van der Waals surface area contributed by atoms with E-state index < -0.39 is 0 Å². The van der Waals surface area contributed by atoms with Gasteiger partial charge in [-0.15, -0.1) is 0 Å². The maximum Gasteiger partial charge on any atom is 0.274 e. The van der Waals surface area contributed by atoms with Crippen molar-refractivity contribution in [2.24, 2.45) is 7.05 Å². The maximum atomic E-state index is 12.4. The number of piperazine rings is 1. The van der Waals surface area contributed by atoms with Gasteiger partial charge in [0.15, 0.2) is 0 Å². The summed E-state index contributed by atoms with van der Waals surface area (Å²) in [6, 6.07) is 13.8.